The van der Waals surface area contributed by atoms with E-state index in [0.717, 1.165) is 17.7 Å². The van der Waals surface area contributed by atoms with Crippen LogP contribution in [0.15, 0.2) is 24.3 Å². The number of ether oxygens (including phenoxy) is 2. The Morgan fingerprint density at radius 3 is 3.06 bits per heavy atom. The fourth-order valence-corrected chi connectivity index (χ4v) is 2.74. The molecule has 0 radical (unpaired) electrons. The molecule has 0 spiro atoms. The molecular formula is C12H13NO4. The van der Waals surface area contributed by atoms with E-state index in [-0.39, 0.29) is 29.6 Å². The first-order valence-electron chi connectivity index (χ1n) is 5.74. The van der Waals surface area contributed by atoms with Gasteiger partial charge in [0, 0.05) is 16.4 Å². The molecule has 0 aromatic heterocycles. The van der Waals surface area contributed by atoms with E-state index in [1.165, 1.54) is 0 Å². The Morgan fingerprint density at radius 1 is 1.41 bits per heavy atom. The lowest BCUT2D eigenvalue weighted by Gasteiger charge is -2.32. The van der Waals surface area contributed by atoms with Crippen LogP contribution in [0.1, 0.15) is 17.9 Å². The first kappa shape index (κ1) is 10.5. The molecule has 1 aromatic rings. The molecule has 0 bridgehead atoms. The van der Waals surface area contributed by atoms with Gasteiger partial charge in [-0.05, 0) is 12.5 Å². The van der Waals surface area contributed by atoms with Crippen LogP contribution in [0.2, 0.25) is 0 Å². The van der Waals surface area contributed by atoms with Crippen molar-refractivity contribution in [2.75, 3.05) is 13.2 Å². The first-order valence-corrected chi connectivity index (χ1v) is 5.74. The molecule has 0 aliphatic carbocycles. The molecule has 0 unspecified atom stereocenters. The summed E-state index contributed by atoms with van der Waals surface area (Å²) >= 11 is 0. The van der Waals surface area contributed by atoms with Gasteiger partial charge in [0.25, 0.3) is 0 Å². The van der Waals surface area contributed by atoms with Crippen LogP contribution in [0.4, 0.5) is 0 Å². The minimum absolute atomic E-state index is 0.0507. The highest BCUT2D eigenvalue weighted by molar-refractivity contribution is 5.39. The lowest BCUT2D eigenvalue weighted by molar-refractivity contribution is -0.485. The standard InChI is InChI=1S/C12H13NO4/c14-13(15)7-10-8-3-1-2-4-11(8)17-12-9(10)5-6-16-12/h1-4,9-10,12H,5-7H2/t9-,10+,12+/m0/s1. The molecule has 3 atom stereocenters. The van der Waals surface area contributed by atoms with Crippen LogP contribution in [0.25, 0.3) is 0 Å². The second kappa shape index (κ2) is 4.00. The fourth-order valence-electron chi connectivity index (χ4n) is 2.74. The Hall–Kier alpha value is -1.62. The molecule has 2 aliphatic heterocycles. The van der Waals surface area contributed by atoms with Crippen molar-refractivity contribution in [3.8, 4) is 5.75 Å². The summed E-state index contributed by atoms with van der Waals surface area (Å²) < 4.78 is 11.2. The Balaban J connectivity index is 1.99. The van der Waals surface area contributed by atoms with Crippen molar-refractivity contribution in [3.63, 3.8) is 0 Å². The van der Waals surface area contributed by atoms with E-state index < -0.39 is 0 Å². The molecule has 5 heteroatoms. The molecule has 0 amide bonds. The maximum Gasteiger partial charge on any atom is 0.211 e. The highest BCUT2D eigenvalue weighted by atomic mass is 16.7. The molecular weight excluding hydrogens is 222 g/mol. The van der Waals surface area contributed by atoms with Crippen molar-refractivity contribution in [1.82, 2.24) is 0 Å². The third kappa shape index (κ3) is 1.76. The second-order valence-corrected chi connectivity index (χ2v) is 4.47. The zero-order chi connectivity index (χ0) is 11.8. The molecule has 90 valence electrons. The number of fused-ring (bicyclic) bond motifs is 2. The minimum atomic E-state index is -0.310. The average Bonchev–Trinajstić information content (AvgIpc) is 2.76. The van der Waals surface area contributed by atoms with Gasteiger partial charge in [0.1, 0.15) is 5.75 Å². The molecule has 2 heterocycles. The number of para-hydroxylation sites is 1. The number of rotatable bonds is 2. The predicted octanol–water partition coefficient (Wildman–Crippen LogP) is 1.80. The lowest BCUT2D eigenvalue weighted by atomic mass is 9.82. The maximum atomic E-state index is 10.8. The van der Waals surface area contributed by atoms with Gasteiger partial charge < -0.3 is 9.47 Å². The van der Waals surface area contributed by atoms with Gasteiger partial charge in [-0.2, -0.15) is 0 Å². The molecule has 0 saturated carbocycles. The predicted molar refractivity (Wildman–Crippen MR) is 59.5 cm³/mol. The zero-order valence-corrected chi connectivity index (χ0v) is 9.24. The third-order valence-electron chi connectivity index (χ3n) is 3.51. The van der Waals surface area contributed by atoms with E-state index >= 15 is 0 Å². The smallest absolute Gasteiger partial charge is 0.211 e. The Morgan fingerprint density at radius 2 is 2.24 bits per heavy atom. The van der Waals surface area contributed by atoms with Crippen LogP contribution >= 0.6 is 0 Å². The van der Waals surface area contributed by atoms with Crippen molar-refractivity contribution in [1.29, 1.82) is 0 Å². The summed E-state index contributed by atoms with van der Waals surface area (Å²) in [5, 5.41) is 10.8. The Kier molecular flexibility index (Phi) is 2.48. The van der Waals surface area contributed by atoms with Crippen LogP contribution in [0.3, 0.4) is 0 Å². The zero-order valence-electron chi connectivity index (χ0n) is 9.24. The summed E-state index contributed by atoms with van der Waals surface area (Å²) in [6.07, 6.45) is 0.521. The van der Waals surface area contributed by atoms with Gasteiger partial charge in [-0.25, -0.2) is 0 Å². The van der Waals surface area contributed by atoms with Gasteiger partial charge >= 0.3 is 0 Å². The van der Waals surface area contributed by atoms with Gasteiger partial charge in [0.2, 0.25) is 12.8 Å². The van der Waals surface area contributed by atoms with Gasteiger partial charge in [-0.15, -0.1) is 0 Å². The van der Waals surface area contributed by atoms with Crippen LogP contribution in [-0.2, 0) is 4.74 Å². The summed E-state index contributed by atoms with van der Waals surface area (Å²) in [4.78, 5) is 10.5. The lowest BCUT2D eigenvalue weighted by Crippen LogP contribution is -2.35. The molecule has 17 heavy (non-hydrogen) atoms. The van der Waals surface area contributed by atoms with Gasteiger partial charge in [0.05, 0.1) is 12.5 Å². The molecule has 0 N–H and O–H groups in total. The van der Waals surface area contributed by atoms with Crippen molar-refractivity contribution in [3.05, 3.63) is 39.9 Å². The number of nitro groups is 1. The molecule has 2 aliphatic rings. The third-order valence-corrected chi connectivity index (χ3v) is 3.51. The van der Waals surface area contributed by atoms with E-state index in [4.69, 9.17) is 9.47 Å². The fraction of sp³-hybridized carbons (Fsp3) is 0.500. The van der Waals surface area contributed by atoms with E-state index in [1.807, 2.05) is 24.3 Å². The summed E-state index contributed by atoms with van der Waals surface area (Å²) in [5.41, 5.74) is 0.941. The quantitative estimate of drug-likeness (QED) is 0.579. The summed E-state index contributed by atoms with van der Waals surface area (Å²) in [6, 6.07) is 7.53. The molecule has 5 nitrogen and oxygen atoms in total. The molecule has 1 aromatic carbocycles. The normalized spacial score (nSPS) is 30.2. The topological polar surface area (TPSA) is 61.6 Å². The van der Waals surface area contributed by atoms with Crippen molar-refractivity contribution >= 4 is 0 Å². The Labute approximate surface area is 98.5 Å². The van der Waals surface area contributed by atoms with Crippen molar-refractivity contribution in [2.45, 2.75) is 18.6 Å². The van der Waals surface area contributed by atoms with Crippen LogP contribution in [0.5, 0.6) is 5.75 Å². The summed E-state index contributed by atoms with van der Waals surface area (Å²) in [5.74, 6) is 0.736. The summed E-state index contributed by atoms with van der Waals surface area (Å²) in [7, 11) is 0. The van der Waals surface area contributed by atoms with Gasteiger partial charge in [-0.1, -0.05) is 18.2 Å². The van der Waals surface area contributed by atoms with Crippen LogP contribution in [-0.4, -0.2) is 24.4 Å². The average molecular weight is 235 g/mol. The van der Waals surface area contributed by atoms with Crippen LogP contribution in [0, 0.1) is 16.0 Å². The molecule has 3 rings (SSSR count). The largest absolute Gasteiger partial charge is 0.464 e. The summed E-state index contributed by atoms with van der Waals surface area (Å²) in [6.45, 7) is 0.572. The van der Waals surface area contributed by atoms with E-state index in [9.17, 15) is 10.1 Å². The second-order valence-electron chi connectivity index (χ2n) is 4.47. The van der Waals surface area contributed by atoms with Gasteiger partial charge in [-0.3, -0.25) is 10.1 Å². The number of hydrogen-bond acceptors (Lipinski definition) is 4. The maximum absolute atomic E-state index is 10.8. The van der Waals surface area contributed by atoms with Crippen molar-refractivity contribution < 1.29 is 14.4 Å². The van der Waals surface area contributed by atoms with Crippen LogP contribution < -0.4 is 4.74 Å². The van der Waals surface area contributed by atoms with Crippen molar-refractivity contribution in [2.24, 2.45) is 5.92 Å². The monoisotopic (exact) mass is 235 g/mol. The number of hydrogen-bond donors (Lipinski definition) is 0. The van der Waals surface area contributed by atoms with E-state index in [2.05, 4.69) is 0 Å². The minimum Gasteiger partial charge on any atom is -0.464 e. The number of nitrogens with zero attached hydrogens (tertiary/aromatic N) is 1. The number of benzene rings is 1. The van der Waals surface area contributed by atoms with Gasteiger partial charge in [0.15, 0.2) is 0 Å². The Bertz CT molecular complexity index is 448. The first-order chi connectivity index (χ1) is 8.25. The molecule has 1 fully saturated rings. The van der Waals surface area contributed by atoms with E-state index in [1.54, 1.807) is 0 Å². The SMILES string of the molecule is O=[N+]([O-])C[C@@H]1c2ccccc2O[C@H]2OCC[C@H]21. The highest BCUT2D eigenvalue weighted by Gasteiger charge is 2.44. The highest BCUT2D eigenvalue weighted by Crippen LogP contribution is 2.44. The van der Waals surface area contributed by atoms with E-state index in [0.29, 0.717) is 6.61 Å². The molecule has 1 saturated heterocycles.